The molecule has 0 aliphatic carbocycles. The lowest BCUT2D eigenvalue weighted by molar-refractivity contribution is -0.164. The van der Waals surface area contributed by atoms with Crippen LogP contribution >= 0.6 is 0 Å². The summed E-state index contributed by atoms with van der Waals surface area (Å²) < 4.78 is 21.9. The number of carbonyl (C=O) groups excluding carboxylic acids is 2. The predicted molar refractivity (Wildman–Crippen MR) is 115 cm³/mol. The highest BCUT2D eigenvalue weighted by Crippen LogP contribution is 2.19. The van der Waals surface area contributed by atoms with E-state index in [-0.39, 0.29) is 26.3 Å². The van der Waals surface area contributed by atoms with Gasteiger partial charge in [-0.3, -0.25) is 4.39 Å². The number of unbranched alkanes of at least 4 members (excludes halogenated alkanes) is 13. The second-order valence-corrected chi connectivity index (χ2v) is 7.80. The van der Waals surface area contributed by atoms with Crippen LogP contribution < -0.4 is 5.73 Å². The van der Waals surface area contributed by atoms with Crippen molar-refractivity contribution in [3.8, 4) is 0 Å². The lowest BCUT2D eigenvalue weighted by Gasteiger charge is -2.24. The van der Waals surface area contributed by atoms with Crippen molar-refractivity contribution >= 4 is 11.9 Å². The van der Waals surface area contributed by atoms with E-state index in [1.807, 2.05) is 0 Å². The lowest BCUT2D eigenvalue weighted by atomic mass is 9.92. The molecule has 0 saturated heterocycles. The first-order chi connectivity index (χ1) is 14.0. The Morgan fingerprint density at radius 1 is 0.655 bits per heavy atom. The average molecular weight is 418 g/mol. The summed E-state index contributed by atoms with van der Waals surface area (Å²) >= 11 is 0. The lowest BCUT2D eigenvalue weighted by Crippen LogP contribution is -2.56. The Morgan fingerprint density at radius 3 is 1.28 bits per heavy atom. The number of rotatable bonds is 20. The summed E-state index contributed by atoms with van der Waals surface area (Å²) in [7, 11) is 0. The summed E-state index contributed by atoms with van der Waals surface area (Å²) in [6.07, 6.45) is 15.9. The van der Waals surface area contributed by atoms with E-state index in [0.29, 0.717) is 6.42 Å². The zero-order valence-corrected chi connectivity index (χ0v) is 18.8. The molecule has 0 unspecified atom stereocenters. The fraction of sp³-hybridized carbons (Fsp3) is 0.913. The smallest absolute Gasteiger partial charge is 0.337 e. The summed E-state index contributed by atoms with van der Waals surface area (Å²) in [6.45, 7) is 3.59. The molecule has 0 rings (SSSR count). The summed E-state index contributed by atoms with van der Waals surface area (Å²) in [5.41, 5.74) is 4.36. The molecule has 0 fully saturated rings. The van der Waals surface area contributed by atoms with E-state index in [9.17, 15) is 14.0 Å². The van der Waals surface area contributed by atoms with Gasteiger partial charge in [-0.2, -0.15) is 0 Å². The minimum absolute atomic E-state index is 0.177. The van der Waals surface area contributed by atoms with Gasteiger partial charge in [-0.05, 0) is 26.7 Å². The SMILES string of the molecule is CCOC(=O)C(N)(CCCCCCCCCCCCCCCCF)C(=O)OCC. The number of carbonyl (C=O) groups is 2. The Kier molecular flexibility index (Phi) is 18.1. The highest BCUT2D eigenvalue weighted by atomic mass is 19.1. The predicted octanol–water partition coefficient (Wildman–Crippen LogP) is 5.63. The normalized spacial score (nSPS) is 11.4. The van der Waals surface area contributed by atoms with E-state index >= 15 is 0 Å². The van der Waals surface area contributed by atoms with Gasteiger partial charge in [0.25, 0.3) is 0 Å². The van der Waals surface area contributed by atoms with Gasteiger partial charge in [0, 0.05) is 0 Å². The second-order valence-electron chi connectivity index (χ2n) is 7.80. The zero-order valence-electron chi connectivity index (χ0n) is 18.8. The van der Waals surface area contributed by atoms with E-state index in [4.69, 9.17) is 15.2 Å². The van der Waals surface area contributed by atoms with Gasteiger partial charge < -0.3 is 15.2 Å². The molecule has 172 valence electrons. The van der Waals surface area contributed by atoms with Crippen LogP contribution in [0, 0.1) is 0 Å². The van der Waals surface area contributed by atoms with Gasteiger partial charge in [-0.15, -0.1) is 0 Å². The van der Waals surface area contributed by atoms with Gasteiger partial charge >= 0.3 is 11.9 Å². The Labute approximate surface area is 177 Å². The molecule has 2 N–H and O–H groups in total. The molecule has 0 aromatic carbocycles. The molecule has 6 heteroatoms. The van der Waals surface area contributed by atoms with Gasteiger partial charge in [0.15, 0.2) is 0 Å². The third-order valence-corrected chi connectivity index (χ3v) is 5.23. The number of hydrogen-bond acceptors (Lipinski definition) is 5. The number of nitrogens with two attached hydrogens (primary N) is 1. The Hall–Kier alpha value is -1.17. The van der Waals surface area contributed by atoms with Gasteiger partial charge in [-0.25, -0.2) is 9.59 Å². The number of halogens is 1. The molecule has 0 bridgehead atoms. The monoisotopic (exact) mass is 417 g/mol. The van der Waals surface area contributed by atoms with Crippen LogP contribution in [0.15, 0.2) is 0 Å². The first-order valence-electron chi connectivity index (χ1n) is 11.7. The van der Waals surface area contributed by atoms with Crippen molar-refractivity contribution in [1.82, 2.24) is 0 Å². The third kappa shape index (κ3) is 13.6. The molecule has 0 saturated carbocycles. The molecule has 0 radical (unpaired) electrons. The second kappa shape index (κ2) is 18.8. The Balaban J connectivity index is 3.72. The molecule has 0 atom stereocenters. The number of ether oxygens (including phenoxy) is 2. The average Bonchev–Trinajstić information content (AvgIpc) is 2.71. The molecule has 0 aliphatic rings. The van der Waals surface area contributed by atoms with Crippen molar-refractivity contribution in [1.29, 1.82) is 0 Å². The first kappa shape index (κ1) is 27.8. The van der Waals surface area contributed by atoms with Crippen LogP contribution in [0.1, 0.15) is 110 Å². The van der Waals surface area contributed by atoms with Crippen molar-refractivity contribution < 1.29 is 23.5 Å². The van der Waals surface area contributed by atoms with Gasteiger partial charge in [0.1, 0.15) is 0 Å². The highest BCUT2D eigenvalue weighted by molar-refractivity contribution is 6.04. The Bertz CT molecular complexity index is 400. The molecule has 0 amide bonds. The third-order valence-electron chi connectivity index (χ3n) is 5.23. The fourth-order valence-electron chi connectivity index (χ4n) is 3.43. The molecule has 5 nitrogen and oxygen atoms in total. The van der Waals surface area contributed by atoms with Crippen LogP contribution in [0.5, 0.6) is 0 Å². The van der Waals surface area contributed by atoms with Crippen molar-refractivity contribution in [2.75, 3.05) is 19.9 Å². The van der Waals surface area contributed by atoms with E-state index in [0.717, 1.165) is 25.7 Å². The van der Waals surface area contributed by atoms with Crippen molar-refractivity contribution in [2.24, 2.45) is 5.73 Å². The fourth-order valence-corrected chi connectivity index (χ4v) is 3.43. The molecular weight excluding hydrogens is 373 g/mol. The van der Waals surface area contributed by atoms with E-state index < -0.39 is 17.5 Å². The summed E-state index contributed by atoms with van der Waals surface area (Å²) in [4.78, 5) is 24.2. The van der Waals surface area contributed by atoms with Crippen LogP contribution in [0.3, 0.4) is 0 Å². The molecule has 0 heterocycles. The molecule has 29 heavy (non-hydrogen) atoms. The van der Waals surface area contributed by atoms with Gasteiger partial charge in [0.05, 0.1) is 19.9 Å². The minimum Gasteiger partial charge on any atom is -0.464 e. The van der Waals surface area contributed by atoms with Crippen LogP contribution in [0.25, 0.3) is 0 Å². The highest BCUT2D eigenvalue weighted by Gasteiger charge is 2.44. The molecule has 0 spiro atoms. The van der Waals surface area contributed by atoms with Gasteiger partial charge in [0.2, 0.25) is 5.54 Å². The molecular formula is C23H44FNO4. The van der Waals surface area contributed by atoms with Crippen molar-refractivity contribution in [3.63, 3.8) is 0 Å². The van der Waals surface area contributed by atoms with Crippen molar-refractivity contribution in [3.05, 3.63) is 0 Å². The van der Waals surface area contributed by atoms with E-state index in [2.05, 4.69) is 0 Å². The minimum atomic E-state index is -1.68. The summed E-state index contributed by atoms with van der Waals surface area (Å²) in [5, 5.41) is 0. The largest absolute Gasteiger partial charge is 0.464 e. The van der Waals surface area contributed by atoms with Crippen LogP contribution in [0.4, 0.5) is 4.39 Å². The maximum Gasteiger partial charge on any atom is 0.337 e. The van der Waals surface area contributed by atoms with Crippen LogP contribution in [0.2, 0.25) is 0 Å². The molecule has 0 aromatic heterocycles. The van der Waals surface area contributed by atoms with Gasteiger partial charge in [-0.1, -0.05) is 83.5 Å². The van der Waals surface area contributed by atoms with E-state index in [1.165, 1.54) is 57.8 Å². The first-order valence-corrected chi connectivity index (χ1v) is 11.7. The standard InChI is InChI=1S/C23H44FNO4/c1-3-28-21(26)23(25,22(27)29-4-2)19-17-15-13-11-9-7-5-6-8-10-12-14-16-18-20-24/h3-20,25H2,1-2H3. The maximum atomic E-state index is 12.1. The van der Waals surface area contributed by atoms with Crippen LogP contribution in [-0.2, 0) is 19.1 Å². The van der Waals surface area contributed by atoms with Crippen molar-refractivity contribution in [2.45, 2.75) is 116 Å². The summed E-state index contributed by atoms with van der Waals surface area (Å²) in [6, 6.07) is 0. The van der Waals surface area contributed by atoms with Crippen LogP contribution in [-0.4, -0.2) is 37.4 Å². The quantitative estimate of drug-likeness (QED) is 0.158. The maximum absolute atomic E-state index is 12.1. The van der Waals surface area contributed by atoms with E-state index in [1.54, 1.807) is 13.8 Å². The zero-order chi connectivity index (χ0) is 21.8. The topological polar surface area (TPSA) is 78.6 Å². The molecule has 0 aliphatic heterocycles. The number of alkyl halides is 1. The number of hydrogen-bond donors (Lipinski definition) is 1. The molecule has 0 aromatic rings. The Morgan fingerprint density at radius 2 is 0.966 bits per heavy atom. The summed E-state index contributed by atoms with van der Waals surface area (Å²) in [5.74, 6) is -1.39. The number of esters is 2.